The summed E-state index contributed by atoms with van der Waals surface area (Å²) in [5.74, 6) is -3.32. The molecule has 4 nitrogen and oxygen atoms in total. The van der Waals surface area contributed by atoms with E-state index < -0.39 is 17.6 Å². The van der Waals surface area contributed by atoms with E-state index in [0.717, 1.165) is 12.1 Å². The van der Waals surface area contributed by atoms with E-state index >= 15 is 0 Å². The van der Waals surface area contributed by atoms with Gasteiger partial charge in [0.1, 0.15) is 11.6 Å². The average molecular weight is 212 g/mol. The number of ketones is 1. The van der Waals surface area contributed by atoms with Crippen LogP contribution in [0.15, 0.2) is 12.1 Å². The first-order valence-corrected chi connectivity index (χ1v) is 4.09. The Morgan fingerprint density at radius 1 is 1.40 bits per heavy atom. The van der Waals surface area contributed by atoms with E-state index in [1.165, 1.54) is 14.0 Å². The van der Waals surface area contributed by atoms with E-state index in [1.54, 1.807) is 0 Å². The molecule has 1 aromatic carbocycles. The van der Waals surface area contributed by atoms with Gasteiger partial charge in [0.15, 0.2) is 0 Å². The Kier molecular flexibility index (Phi) is 3.04. The zero-order chi connectivity index (χ0) is 11.6. The minimum atomic E-state index is -1.62. The lowest BCUT2D eigenvalue weighted by Crippen LogP contribution is -2.14. The number of ether oxygens (including phenoxy) is 1. The lowest BCUT2D eigenvalue weighted by molar-refractivity contribution is -0.131. The van der Waals surface area contributed by atoms with E-state index in [0.29, 0.717) is 5.56 Å². The molecule has 15 heavy (non-hydrogen) atoms. The SMILES string of the molecule is COc1cc(F)cc(C(=O)C(=O)O)c1C. The monoisotopic (exact) mass is 212 g/mol. The Morgan fingerprint density at radius 2 is 2.00 bits per heavy atom. The molecule has 0 atom stereocenters. The number of methoxy groups -OCH3 is 1. The molecule has 0 saturated carbocycles. The number of carbonyl (C=O) groups is 2. The number of benzene rings is 1. The maximum Gasteiger partial charge on any atom is 0.377 e. The molecule has 80 valence electrons. The summed E-state index contributed by atoms with van der Waals surface area (Å²) >= 11 is 0. The summed E-state index contributed by atoms with van der Waals surface area (Å²) in [5, 5.41) is 8.50. The fraction of sp³-hybridized carbons (Fsp3) is 0.200. The summed E-state index contributed by atoms with van der Waals surface area (Å²) in [5.41, 5.74) is 0.116. The first kappa shape index (κ1) is 11.2. The van der Waals surface area contributed by atoms with Gasteiger partial charge < -0.3 is 9.84 Å². The van der Waals surface area contributed by atoms with Gasteiger partial charge in [0.05, 0.1) is 7.11 Å². The number of hydrogen-bond acceptors (Lipinski definition) is 3. The summed E-state index contributed by atoms with van der Waals surface area (Å²) in [6, 6.07) is 1.97. The van der Waals surface area contributed by atoms with Crippen LogP contribution in [0, 0.1) is 12.7 Å². The predicted molar refractivity (Wildman–Crippen MR) is 49.7 cm³/mol. The van der Waals surface area contributed by atoms with Crippen molar-refractivity contribution in [3.05, 3.63) is 29.1 Å². The Morgan fingerprint density at radius 3 is 2.47 bits per heavy atom. The molecule has 0 fully saturated rings. The molecule has 1 aromatic rings. The molecule has 0 aliphatic rings. The number of carboxylic acid groups (broad SMARTS) is 1. The highest BCUT2D eigenvalue weighted by atomic mass is 19.1. The standard InChI is InChI=1S/C10H9FO4/c1-5-7(9(12)10(13)14)3-6(11)4-8(5)15-2/h3-4H,1-2H3,(H,13,14). The number of hydrogen-bond donors (Lipinski definition) is 1. The van der Waals surface area contributed by atoms with E-state index in [9.17, 15) is 14.0 Å². The Balaban J connectivity index is 3.35. The summed E-state index contributed by atoms with van der Waals surface area (Å²) in [7, 11) is 1.32. The van der Waals surface area contributed by atoms with Crippen LogP contribution in [-0.2, 0) is 4.79 Å². The van der Waals surface area contributed by atoms with Crippen molar-refractivity contribution in [2.45, 2.75) is 6.92 Å². The van der Waals surface area contributed by atoms with Gasteiger partial charge in [0.25, 0.3) is 5.78 Å². The molecule has 0 bridgehead atoms. The van der Waals surface area contributed by atoms with Crippen molar-refractivity contribution in [2.24, 2.45) is 0 Å². The van der Waals surface area contributed by atoms with Crippen LogP contribution in [0.25, 0.3) is 0 Å². The minimum Gasteiger partial charge on any atom is -0.496 e. The highest BCUT2D eigenvalue weighted by Crippen LogP contribution is 2.23. The van der Waals surface area contributed by atoms with Gasteiger partial charge in [-0.1, -0.05) is 0 Å². The molecule has 0 aliphatic heterocycles. The van der Waals surface area contributed by atoms with Crippen LogP contribution in [0.3, 0.4) is 0 Å². The van der Waals surface area contributed by atoms with E-state index in [4.69, 9.17) is 9.84 Å². The van der Waals surface area contributed by atoms with Crippen LogP contribution in [0.2, 0.25) is 0 Å². The van der Waals surface area contributed by atoms with Gasteiger partial charge >= 0.3 is 5.97 Å². The summed E-state index contributed by atoms with van der Waals surface area (Å²) in [4.78, 5) is 21.6. The topological polar surface area (TPSA) is 63.6 Å². The van der Waals surface area contributed by atoms with Gasteiger partial charge in [-0.25, -0.2) is 9.18 Å². The minimum absolute atomic E-state index is 0.152. The zero-order valence-corrected chi connectivity index (χ0v) is 8.20. The van der Waals surface area contributed by atoms with Crippen molar-refractivity contribution in [2.75, 3.05) is 7.11 Å². The molecule has 0 amide bonds. The zero-order valence-electron chi connectivity index (χ0n) is 8.20. The van der Waals surface area contributed by atoms with Crippen LogP contribution in [-0.4, -0.2) is 24.0 Å². The Hall–Kier alpha value is -1.91. The number of halogens is 1. The van der Waals surface area contributed by atoms with E-state index in [1.807, 2.05) is 0 Å². The third-order valence-electron chi connectivity index (χ3n) is 1.98. The maximum absolute atomic E-state index is 13.0. The van der Waals surface area contributed by atoms with Crippen LogP contribution in [0.5, 0.6) is 5.75 Å². The van der Waals surface area contributed by atoms with Gasteiger partial charge in [0, 0.05) is 17.2 Å². The van der Waals surface area contributed by atoms with Gasteiger partial charge in [-0.2, -0.15) is 0 Å². The molecule has 1 N–H and O–H groups in total. The highest BCUT2D eigenvalue weighted by molar-refractivity contribution is 6.40. The van der Waals surface area contributed by atoms with Crippen molar-refractivity contribution in [3.8, 4) is 5.75 Å². The maximum atomic E-state index is 13.0. The van der Waals surface area contributed by atoms with Crippen LogP contribution >= 0.6 is 0 Å². The second-order valence-corrected chi connectivity index (χ2v) is 2.91. The van der Waals surface area contributed by atoms with Crippen molar-refractivity contribution in [3.63, 3.8) is 0 Å². The Labute approximate surface area is 85.3 Å². The molecule has 0 aliphatic carbocycles. The van der Waals surface area contributed by atoms with Crippen LogP contribution in [0.1, 0.15) is 15.9 Å². The molecule has 0 aromatic heterocycles. The lowest BCUT2D eigenvalue weighted by atomic mass is 10.0. The van der Waals surface area contributed by atoms with Gasteiger partial charge in [-0.15, -0.1) is 0 Å². The van der Waals surface area contributed by atoms with Crippen molar-refractivity contribution in [1.82, 2.24) is 0 Å². The van der Waals surface area contributed by atoms with E-state index in [2.05, 4.69) is 0 Å². The molecule has 1 rings (SSSR count). The average Bonchev–Trinajstić information content (AvgIpc) is 2.19. The highest BCUT2D eigenvalue weighted by Gasteiger charge is 2.20. The predicted octanol–water partition coefficient (Wildman–Crippen LogP) is 1.41. The van der Waals surface area contributed by atoms with Gasteiger partial charge in [-0.05, 0) is 13.0 Å². The molecule has 0 spiro atoms. The molecule has 5 heteroatoms. The molecule has 0 saturated heterocycles. The molecule has 0 radical (unpaired) electrons. The van der Waals surface area contributed by atoms with Crippen molar-refractivity contribution in [1.29, 1.82) is 0 Å². The largest absolute Gasteiger partial charge is 0.496 e. The quantitative estimate of drug-likeness (QED) is 0.607. The molecular formula is C10H9FO4. The van der Waals surface area contributed by atoms with Crippen LogP contribution < -0.4 is 4.74 Å². The Bertz CT molecular complexity index is 426. The number of carboxylic acids is 1. The molecule has 0 unspecified atom stereocenters. The normalized spacial score (nSPS) is 9.80. The second kappa shape index (κ2) is 4.08. The first-order chi connectivity index (χ1) is 6.97. The number of aliphatic carboxylic acids is 1. The van der Waals surface area contributed by atoms with Crippen LogP contribution in [0.4, 0.5) is 4.39 Å². The molecular weight excluding hydrogens is 203 g/mol. The third kappa shape index (κ3) is 2.12. The summed E-state index contributed by atoms with van der Waals surface area (Å²) in [6.45, 7) is 1.49. The fourth-order valence-corrected chi connectivity index (χ4v) is 1.22. The van der Waals surface area contributed by atoms with Gasteiger partial charge in [0.2, 0.25) is 0 Å². The van der Waals surface area contributed by atoms with E-state index in [-0.39, 0.29) is 11.3 Å². The first-order valence-electron chi connectivity index (χ1n) is 4.09. The number of rotatable bonds is 3. The smallest absolute Gasteiger partial charge is 0.377 e. The fourth-order valence-electron chi connectivity index (χ4n) is 1.22. The summed E-state index contributed by atoms with van der Waals surface area (Å²) < 4.78 is 17.8. The number of Topliss-reactive ketones (excluding diaryl/α,β-unsaturated/α-hetero) is 1. The number of carbonyl (C=O) groups excluding carboxylic acids is 1. The third-order valence-corrected chi connectivity index (χ3v) is 1.98. The van der Waals surface area contributed by atoms with Gasteiger partial charge in [-0.3, -0.25) is 4.79 Å². The van der Waals surface area contributed by atoms with Crippen molar-refractivity contribution < 1.29 is 23.8 Å². The molecule has 0 heterocycles. The van der Waals surface area contributed by atoms with Crippen molar-refractivity contribution >= 4 is 11.8 Å². The summed E-state index contributed by atoms with van der Waals surface area (Å²) in [6.07, 6.45) is 0. The lowest BCUT2D eigenvalue weighted by Gasteiger charge is -2.08. The second-order valence-electron chi connectivity index (χ2n) is 2.91.